The van der Waals surface area contributed by atoms with Crippen LogP contribution < -0.4 is 0 Å². The first-order valence-electron chi connectivity index (χ1n) is 4.35. The van der Waals surface area contributed by atoms with Gasteiger partial charge in [-0.2, -0.15) is 0 Å². The monoisotopic (exact) mass is 247 g/mol. The SMILES string of the molecule is O=C(O)C1=C(SCCO)S[C@@H]2CC(=O)N12. The van der Waals surface area contributed by atoms with Gasteiger partial charge in [0.2, 0.25) is 5.91 Å². The maximum Gasteiger partial charge on any atom is 0.354 e. The molecule has 0 spiro atoms. The molecule has 2 rings (SSSR count). The lowest BCUT2D eigenvalue weighted by Gasteiger charge is -2.33. The van der Waals surface area contributed by atoms with Gasteiger partial charge in [-0.3, -0.25) is 9.69 Å². The Morgan fingerprint density at radius 3 is 2.93 bits per heavy atom. The van der Waals surface area contributed by atoms with Crippen molar-refractivity contribution in [3.8, 4) is 0 Å². The molecule has 2 aliphatic heterocycles. The lowest BCUT2D eigenvalue weighted by atomic mass is 10.2. The van der Waals surface area contributed by atoms with Crippen LogP contribution in [0.15, 0.2) is 9.93 Å². The summed E-state index contributed by atoms with van der Waals surface area (Å²) in [5.74, 6) is -0.753. The van der Waals surface area contributed by atoms with Crippen LogP contribution in [0.2, 0.25) is 0 Å². The second kappa shape index (κ2) is 4.07. The number of carbonyl (C=O) groups excluding carboxylic acids is 1. The van der Waals surface area contributed by atoms with Gasteiger partial charge in [-0.25, -0.2) is 4.79 Å². The summed E-state index contributed by atoms with van der Waals surface area (Å²) in [5, 5.41) is 17.6. The maximum absolute atomic E-state index is 11.2. The van der Waals surface area contributed by atoms with Gasteiger partial charge in [0.05, 0.1) is 22.6 Å². The summed E-state index contributed by atoms with van der Waals surface area (Å²) in [7, 11) is 0. The van der Waals surface area contributed by atoms with E-state index in [1.807, 2.05) is 0 Å². The van der Waals surface area contributed by atoms with Crippen LogP contribution in [0.3, 0.4) is 0 Å². The Bertz CT molecular complexity index is 355. The highest BCUT2D eigenvalue weighted by atomic mass is 32.2. The van der Waals surface area contributed by atoms with Crippen LogP contribution in [0.4, 0.5) is 0 Å². The molecule has 0 aromatic heterocycles. The summed E-state index contributed by atoms with van der Waals surface area (Å²) in [6.45, 7) is 0.000237. The number of aliphatic hydroxyl groups excluding tert-OH is 1. The van der Waals surface area contributed by atoms with Gasteiger partial charge in [-0.1, -0.05) is 11.8 Å². The molecule has 5 nitrogen and oxygen atoms in total. The lowest BCUT2D eigenvalue weighted by molar-refractivity contribution is -0.145. The Balaban J connectivity index is 2.19. The third-order valence-electron chi connectivity index (χ3n) is 2.11. The van der Waals surface area contributed by atoms with Gasteiger partial charge in [0.25, 0.3) is 0 Å². The quantitative estimate of drug-likeness (QED) is 0.694. The van der Waals surface area contributed by atoms with Gasteiger partial charge in [0.15, 0.2) is 5.70 Å². The van der Waals surface area contributed by atoms with Crippen molar-refractivity contribution in [3.63, 3.8) is 0 Å². The summed E-state index contributed by atoms with van der Waals surface area (Å²) in [5.41, 5.74) is 0.0831. The number of carbonyl (C=O) groups is 2. The third-order valence-corrected chi connectivity index (χ3v) is 4.65. The van der Waals surface area contributed by atoms with E-state index in [4.69, 9.17) is 10.2 Å². The molecule has 0 aromatic rings. The highest BCUT2D eigenvalue weighted by Crippen LogP contribution is 2.50. The number of β-lactam (4-membered cyclic amide) rings is 1. The van der Waals surface area contributed by atoms with E-state index in [-0.39, 0.29) is 23.6 Å². The van der Waals surface area contributed by atoms with E-state index in [2.05, 4.69) is 0 Å². The minimum absolute atomic E-state index is 0.000237. The molecular weight excluding hydrogens is 238 g/mol. The number of thioether (sulfide) groups is 2. The third kappa shape index (κ3) is 1.75. The predicted octanol–water partition coefficient (Wildman–Crippen LogP) is 0.271. The van der Waals surface area contributed by atoms with E-state index in [0.29, 0.717) is 16.4 Å². The molecule has 15 heavy (non-hydrogen) atoms. The maximum atomic E-state index is 11.2. The molecule has 0 saturated carbocycles. The van der Waals surface area contributed by atoms with Gasteiger partial charge in [-0.15, -0.1) is 11.8 Å². The van der Waals surface area contributed by atoms with Crippen molar-refractivity contribution in [1.29, 1.82) is 0 Å². The number of carboxylic acids is 1. The van der Waals surface area contributed by atoms with E-state index in [1.54, 1.807) is 0 Å². The zero-order valence-corrected chi connectivity index (χ0v) is 9.31. The molecule has 1 saturated heterocycles. The number of fused-ring (bicyclic) bond motifs is 1. The van der Waals surface area contributed by atoms with E-state index in [9.17, 15) is 9.59 Å². The second-order valence-electron chi connectivity index (χ2n) is 3.05. The largest absolute Gasteiger partial charge is 0.477 e. The van der Waals surface area contributed by atoms with Gasteiger partial charge in [0.1, 0.15) is 0 Å². The Labute approximate surface area is 94.5 Å². The number of carboxylic acid groups (broad SMARTS) is 1. The molecule has 0 bridgehead atoms. The zero-order valence-electron chi connectivity index (χ0n) is 7.67. The average Bonchev–Trinajstić information content (AvgIpc) is 2.47. The van der Waals surface area contributed by atoms with Gasteiger partial charge in [0, 0.05) is 5.75 Å². The van der Waals surface area contributed by atoms with Crippen molar-refractivity contribution in [2.24, 2.45) is 0 Å². The molecule has 0 aromatic carbocycles. The van der Waals surface area contributed by atoms with Crippen LogP contribution in [0.1, 0.15) is 6.42 Å². The molecule has 0 aliphatic carbocycles. The highest BCUT2D eigenvalue weighted by molar-refractivity contribution is 8.22. The average molecular weight is 247 g/mol. The van der Waals surface area contributed by atoms with Gasteiger partial charge < -0.3 is 10.2 Å². The molecule has 2 N–H and O–H groups in total. The van der Waals surface area contributed by atoms with Crippen molar-refractivity contribution in [3.05, 3.63) is 9.93 Å². The van der Waals surface area contributed by atoms with Crippen molar-refractivity contribution in [2.45, 2.75) is 11.8 Å². The first-order chi connectivity index (χ1) is 7.15. The zero-order chi connectivity index (χ0) is 11.0. The second-order valence-corrected chi connectivity index (χ2v) is 5.61. The van der Waals surface area contributed by atoms with E-state index >= 15 is 0 Å². The predicted molar refractivity (Wildman–Crippen MR) is 57.0 cm³/mol. The Hall–Kier alpha value is -0.660. The first kappa shape index (κ1) is 10.8. The fourth-order valence-corrected chi connectivity index (χ4v) is 4.01. The Kier molecular flexibility index (Phi) is 2.94. The van der Waals surface area contributed by atoms with E-state index in [1.165, 1.54) is 28.4 Å². The number of aliphatic hydroxyl groups is 1. The molecule has 82 valence electrons. The molecular formula is C8H9NO4S2. The smallest absolute Gasteiger partial charge is 0.354 e. The van der Waals surface area contributed by atoms with E-state index in [0.717, 1.165) is 0 Å². The summed E-state index contributed by atoms with van der Waals surface area (Å²) in [4.78, 5) is 23.5. The van der Waals surface area contributed by atoms with Gasteiger partial charge >= 0.3 is 5.97 Å². The van der Waals surface area contributed by atoms with Crippen LogP contribution in [0.25, 0.3) is 0 Å². The fourth-order valence-electron chi connectivity index (χ4n) is 1.46. The van der Waals surface area contributed by atoms with Crippen LogP contribution in [0, 0.1) is 0 Å². The summed E-state index contributed by atoms with van der Waals surface area (Å²) in [6, 6.07) is 0. The standard InChI is InChI=1S/C8H9NO4S2/c10-1-2-14-8-6(7(12)13)9-4(11)3-5(9)15-8/h5,10H,1-3H2,(H,12,13)/t5-/m1/s1. The first-order valence-corrected chi connectivity index (χ1v) is 6.21. The molecule has 0 unspecified atom stereocenters. The van der Waals surface area contributed by atoms with Crippen molar-refractivity contribution in [1.82, 2.24) is 4.90 Å². The number of hydrogen-bond acceptors (Lipinski definition) is 5. The Morgan fingerprint density at radius 1 is 1.67 bits per heavy atom. The topological polar surface area (TPSA) is 77.8 Å². The van der Waals surface area contributed by atoms with Crippen molar-refractivity contribution < 1.29 is 19.8 Å². The van der Waals surface area contributed by atoms with Crippen LogP contribution in [-0.4, -0.2) is 44.7 Å². The van der Waals surface area contributed by atoms with Crippen molar-refractivity contribution in [2.75, 3.05) is 12.4 Å². The molecule has 1 amide bonds. The molecule has 1 fully saturated rings. The van der Waals surface area contributed by atoms with Crippen LogP contribution >= 0.6 is 23.5 Å². The molecule has 1 atom stereocenters. The van der Waals surface area contributed by atoms with Crippen LogP contribution in [0.5, 0.6) is 0 Å². The summed E-state index contributed by atoms with van der Waals surface area (Å²) >= 11 is 2.68. The van der Waals surface area contributed by atoms with Gasteiger partial charge in [-0.05, 0) is 0 Å². The molecule has 2 heterocycles. The molecule has 0 radical (unpaired) electrons. The van der Waals surface area contributed by atoms with Crippen molar-refractivity contribution >= 4 is 35.4 Å². The number of nitrogens with zero attached hydrogens (tertiary/aromatic N) is 1. The summed E-state index contributed by atoms with van der Waals surface area (Å²) in [6.07, 6.45) is 0.407. The minimum atomic E-state index is -1.07. The van der Waals surface area contributed by atoms with E-state index < -0.39 is 5.97 Å². The minimum Gasteiger partial charge on any atom is -0.477 e. The number of amides is 1. The fraction of sp³-hybridized carbons (Fsp3) is 0.500. The number of rotatable bonds is 4. The van der Waals surface area contributed by atoms with Crippen LogP contribution in [-0.2, 0) is 9.59 Å². The molecule has 7 heteroatoms. The Morgan fingerprint density at radius 2 is 2.40 bits per heavy atom. The lowest BCUT2D eigenvalue weighted by Crippen LogP contribution is -2.48. The summed E-state index contributed by atoms with van der Waals surface area (Å²) < 4.78 is 0.632. The molecule has 2 aliphatic rings. The number of hydrogen-bond donors (Lipinski definition) is 2. The highest BCUT2D eigenvalue weighted by Gasteiger charge is 2.48. The normalized spacial score (nSPS) is 24.2. The number of aliphatic carboxylic acids is 1.